The number of rotatable bonds is 5. The first-order valence-corrected chi connectivity index (χ1v) is 10.3. The summed E-state index contributed by atoms with van der Waals surface area (Å²) >= 11 is 0.828. The lowest BCUT2D eigenvalue weighted by molar-refractivity contribution is -0.127. The van der Waals surface area contributed by atoms with Gasteiger partial charge in [-0.1, -0.05) is 12.8 Å². The van der Waals surface area contributed by atoms with Gasteiger partial charge in [0, 0.05) is 24.1 Å². The molecule has 1 aromatic carbocycles. The Morgan fingerprint density at radius 1 is 1.17 bits per heavy atom. The van der Waals surface area contributed by atoms with Gasteiger partial charge < -0.3 is 9.88 Å². The van der Waals surface area contributed by atoms with E-state index in [0.717, 1.165) is 35.1 Å². The van der Waals surface area contributed by atoms with Gasteiger partial charge in [-0.15, -0.1) is 0 Å². The monoisotopic (exact) mass is 413 g/mol. The second-order valence-corrected chi connectivity index (χ2v) is 8.15. The number of anilines is 1. The molecule has 4 rings (SSSR count). The Morgan fingerprint density at radius 3 is 2.62 bits per heavy atom. The lowest BCUT2D eigenvalue weighted by atomic mass is 10.2. The Morgan fingerprint density at radius 2 is 1.90 bits per heavy atom. The number of thioether (sulfide) groups is 1. The van der Waals surface area contributed by atoms with Crippen molar-refractivity contribution in [3.63, 3.8) is 0 Å². The predicted octanol–water partition coefficient (Wildman–Crippen LogP) is 4.42. The summed E-state index contributed by atoms with van der Waals surface area (Å²) < 4.78 is 15.1. The SMILES string of the molecule is O=C(CN1C(=O)S/C(=C/c2ccn(C3CCCC3)c2)C1=O)Nc1ccc(F)cc1. The molecule has 2 aromatic rings. The van der Waals surface area contributed by atoms with Crippen LogP contribution < -0.4 is 5.32 Å². The summed E-state index contributed by atoms with van der Waals surface area (Å²) in [5.74, 6) is -1.42. The fraction of sp³-hybridized carbons (Fsp3) is 0.286. The molecule has 1 aliphatic heterocycles. The number of hydrogen-bond acceptors (Lipinski definition) is 4. The van der Waals surface area contributed by atoms with Gasteiger partial charge in [-0.2, -0.15) is 0 Å². The molecule has 2 fully saturated rings. The maximum Gasteiger partial charge on any atom is 0.294 e. The Bertz CT molecular complexity index is 977. The molecule has 6 nitrogen and oxygen atoms in total. The highest BCUT2D eigenvalue weighted by Crippen LogP contribution is 2.33. The summed E-state index contributed by atoms with van der Waals surface area (Å²) in [7, 11) is 0. The third-order valence-corrected chi connectivity index (χ3v) is 5.99. The van der Waals surface area contributed by atoms with Crippen LogP contribution in [0.2, 0.25) is 0 Å². The predicted molar refractivity (Wildman–Crippen MR) is 110 cm³/mol. The van der Waals surface area contributed by atoms with Gasteiger partial charge in [0.15, 0.2) is 0 Å². The molecular formula is C21H20FN3O3S. The van der Waals surface area contributed by atoms with Crippen LogP contribution in [-0.2, 0) is 9.59 Å². The third kappa shape index (κ3) is 4.42. The number of nitrogens with zero attached hydrogens (tertiary/aromatic N) is 2. The van der Waals surface area contributed by atoms with Gasteiger partial charge in [-0.25, -0.2) is 4.39 Å². The van der Waals surface area contributed by atoms with Crippen molar-refractivity contribution in [1.82, 2.24) is 9.47 Å². The molecule has 1 aromatic heterocycles. The summed E-state index contributed by atoms with van der Waals surface area (Å²) in [5.41, 5.74) is 1.25. The smallest absolute Gasteiger partial charge is 0.294 e. The van der Waals surface area contributed by atoms with Crippen molar-refractivity contribution < 1.29 is 18.8 Å². The van der Waals surface area contributed by atoms with E-state index >= 15 is 0 Å². The van der Waals surface area contributed by atoms with Crippen molar-refractivity contribution in [1.29, 1.82) is 0 Å². The summed E-state index contributed by atoms with van der Waals surface area (Å²) in [4.78, 5) is 38.2. The molecule has 29 heavy (non-hydrogen) atoms. The standard InChI is InChI=1S/C21H20FN3O3S/c22-15-5-7-16(8-6-15)23-19(26)13-25-20(27)18(29-21(25)28)11-14-9-10-24(12-14)17-3-1-2-4-17/h5-12,17H,1-4,13H2,(H,23,26)/b18-11+. The number of nitrogens with one attached hydrogen (secondary N) is 1. The lowest BCUT2D eigenvalue weighted by Crippen LogP contribution is -2.36. The van der Waals surface area contributed by atoms with E-state index in [-0.39, 0.29) is 6.54 Å². The summed E-state index contributed by atoms with van der Waals surface area (Å²) in [5, 5.41) is 2.07. The average Bonchev–Trinajstić information content (AvgIpc) is 3.42. The molecule has 0 radical (unpaired) electrons. The highest BCUT2D eigenvalue weighted by molar-refractivity contribution is 8.18. The van der Waals surface area contributed by atoms with E-state index in [1.807, 2.05) is 18.5 Å². The van der Waals surface area contributed by atoms with Crippen molar-refractivity contribution in [3.05, 3.63) is 59.0 Å². The maximum absolute atomic E-state index is 12.9. The molecule has 0 unspecified atom stereocenters. The van der Waals surface area contributed by atoms with Gasteiger partial charge >= 0.3 is 0 Å². The first-order valence-electron chi connectivity index (χ1n) is 9.48. The van der Waals surface area contributed by atoms with Crippen molar-refractivity contribution in [2.75, 3.05) is 11.9 Å². The second-order valence-electron chi connectivity index (χ2n) is 7.15. The van der Waals surface area contributed by atoms with Crippen LogP contribution >= 0.6 is 11.8 Å². The number of hydrogen-bond donors (Lipinski definition) is 1. The van der Waals surface area contributed by atoms with Crippen LogP contribution in [0.15, 0.2) is 47.6 Å². The molecule has 1 saturated carbocycles. The Balaban J connectivity index is 1.41. The first kappa shape index (κ1) is 19.4. The Kier molecular flexibility index (Phi) is 5.53. The largest absolute Gasteiger partial charge is 0.351 e. The van der Waals surface area contributed by atoms with Crippen molar-refractivity contribution >= 4 is 40.6 Å². The van der Waals surface area contributed by atoms with Crippen LogP contribution in [0.25, 0.3) is 6.08 Å². The van der Waals surface area contributed by atoms with E-state index in [2.05, 4.69) is 9.88 Å². The topological polar surface area (TPSA) is 71.4 Å². The number of halogens is 1. The molecule has 150 valence electrons. The van der Waals surface area contributed by atoms with Crippen LogP contribution in [0.5, 0.6) is 0 Å². The number of carbonyl (C=O) groups excluding carboxylic acids is 3. The van der Waals surface area contributed by atoms with Crippen LogP contribution in [0.4, 0.5) is 14.9 Å². The molecule has 3 amide bonds. The molecule has 1 N–H and O–H groups in total. The molecule has 1 aliphatic carbocycles. The number of aromatic nitrogens is 1. The fourth-order valence-corrected chi connectivity index (χ4v) is 4.45. The van der Waals surface area contributed by atoms with E-state index in [1.54, 1.807) is 6.08 Å². The van der Waals surface area contributed by atoms with E-state index in [4.69, 9.17) is 0 Å². The van der Waals surface area contributed by atoms with Gasteiger partial charge in [0.25, 0.3) is 11.1 Å². The average molecular weight is 413 g/mol. The summed E-state index contributed by atoms with van der Waals surface area (Å²) in [6.07, 6.45) is 10.5. The number of benzene rings is 1. The van der Waals surface area contributed by atoms with Crippen molar-refractivity contribution in [2.24, 2.45) is 0 Å². The minimum atomic E-state index is -0.521. The zero-order chi connectivity index (χ0) is 20.4. The molecule has 2 heterocycles. The Hall–Kier alpha value is -2.87. The number of imide groups is 1. The molecular weight excluding hydrogens is 393 g/mol. The zero-order valence-electron chi connectivity index (χ0n) is 15.6. The van der Waals surface area contributed by atoms with Gasteiger partial charge in [0.1, 0.15) is 12.4 Å². The number of carbonyl (C=O) groups is 3. The van der Waals surface area contributed by atoms with E-state index in [9.17, 15) is 18.8 Å². The molecule has 0 spiro atoms. The van der Waals surface area contributed by atoms with Crippen LogP contribution in [0.3, 0.4) is 0 Å². The summed E-state index contributed by atoms with van der Waals surface area (Å²) in [6.45, 7) is -0.386. The maximum atomic E-state index is 12.9. The van der Waals surface area contributed by atoms with Gasteiger partial charge in [0.05, 0.1) is 4.91 Å². The van der Waals surface area contributed by atoms with E-state index < -0.39 is 22.9 Å². The summed E-state index contributed by atoms with van der Waals surface area (Å²) in [6, 6.07) is 7.69. The molecule has 8 heteroatoms. The lowest BCUT2D eigenvalue weighted by Gasteiger charge is -2.12. The normalized spacial score (nSPS) is 18.8. The quantitative estimate of drug-likeness (QED) is 0.737. The Labute approximate surface area is 171 Å². The van der Waals surface area contributed by atoms with E-state index in [0.29, 0.717) is 16.6 Å². The van der Waals surface area contributed by atoms with Crippen molar-refractivity contribution in [3.8, 4) is 0 Å². The third-order valence-electron chi connectivity index (χ3n) is 5.08. The molecule has 0 bridgehead atoms. The fourth-order valence-electron chi connectivity index (χ4n) is 3.61. The van der Waals surface area contributed by atoms with Gasteiger partial charge in [0.2, 0.25) is 5.91 Å². The van der Waals surface area contributed by atoms with E-state index in [1.165, 1.54) is 37.1 Å². The molecule has 1 saturated heterocycles. The molecule has 2 aliphatic rings. The minimum Gasteiger partial charge on any atom is -0.351 e. The highest BCUT2D eigenvalue weighted by Gasteiger charge is 2.36. The minimum absolute atomic E-state index is 0.300. The molecule has 0 atom stereocenters. The van der Waals surface area contributed by atoms with Crippen LogP contribution in [-0.4, -0.2) is 33.1 Å². The van der Waals surface area contributed by atoms with Gasteiger partial charge in [-0.05, 0) is 66.6 Å². The second kappa shape index (κ2) is 8.24. The number of amides is 3. The van der Waals surface area contributed by atoms with Crippen molar-refractivity contribution in [2.45, 2.75) is 31.7 Å². The van der Waals surface area contributed by atoms with Crippen LogP contribution in [0, 0.1) is 5.82 Å². The zero-order valence-corrected chi connectivity index (χ0v) is 16.5. The highest BCUT2D eigenvalue weighted by atomic mass is 32.2. The first-order chi connectivity index (χ1) is 14.0. The van der Waals surface area contributed by atoms with Gasteiger partial charge in [-0.3, -0.25) is 19.3 Å². The van der Waals surface area contributed by atoms with Crippen LogP contribution in [0.1, 0.15) is 37.3 Å².